The molecule has 0 unspecified atom stereocenters. The number of hydrogen-bond acceptors (Lipinski definition) is 4. The minimum atomic E-state index is -2.93. The lowest BCUT2D eigenvalue weighted by Crippen LogP contribution is -2.04. The van der Waals surface area contributed by atoms with Crippen LogP contribution in [0.15, 0.2) is 12.1 Å². The zero-order valence-corrected chi connectivity index (χ0v) is 7.57. The van der Waals surface area contributed by atoms with Crippen molar-refractivity contribution < 1.29 is 28.1 Å². The minimum Gasteiger partial charge on any atom is -0.454 e. The molecule has 1 heterocycles. The van der Waals surface area contributed by atoms with Gasteiger partial charge in [-0.1, -0.05) is 0 Å². The van der Waals surface area contributed by atoms with E-state index in [4.69, 9.17) is 14.6 Å². The highest BCUT2D eigenvalue weighted by molar-refractivity contribution is 5.51. The van der Waals surface area contributed by atoms with E-state index in [0.29, 0.717) is 11.5 Å². The second kappa shape index (κ2) is 3.90. The van der Waals surface area contributed by atoms with E-state index in [1.807, 2.05) is 0 Å². The maximum absolute atomic E-state index is 12.0. The van der Waals surface area contributed by atoms with E-state index in [0.717, 1.165) is 0 Å². The van der Waals surface area contributed by atoms with E-state index >= 15 is 0 Å². The van der Waals surface area contributed by atoms with Crippen molar-refractivity contribution in [2.75, 3.05) is 6.79 Å². The maximum Gasteiger partial charge on any atom is 0.387 e. The van der Waals surface area contributed by atoms with Crippen LogP contribution in [0.1, 0.15) is 5.56 Å². The van der Waals surface area contributed by atoms with Gasteiger partial charge in [-0.15, -0.1) is 0 Å². The fourth-order valence-corrected chi connectivity index (χ4v) is 1.29. The molecule has 0 aromatic heterocycles. The molecule has 1 aromatic rings. The van der Waals surface area contributed by atoms with Gasteiger partial charge in [-0.3, -0.25) is 0 Å². The average Bonchev–Trinajstić information content (AvgIpc) is 2.62. The molecule has 0 bridgehead atoms. The first-order valence-corrected chi connectivity index (χ1v) is 4.19. The predicted molar refractivity (Wildman–Crippen MR) is 45.1 cm³/mol. The van der Waals surface area contributed by atoms with Gasteiger partial charge >= 0.3 is 6.61 Å². The van der Waals surface area contributed by atoms with Crippen molar-refractivity contribution in [3.05, 3.63) is 17.7 Å². The molecule has 0 radical (unpaired) electrons. The third-order valence-electron chi connectivity index (χ3n) is 1.94. The molecule has 6 heteroatoms. The molecule has 1 N–H and O–H groups in total. The van der Waals surface area contributed by atoms with Crippen molar-refractivity contribution in [2.45, 2.75) is 13.2 Å². The molecule has 0 fully saturated rings. The molecule has 1 aromatic carbocycles. The second-order valence-electron chi connectivity index (χ2n) is 2.85. The van der Waals surface area contributed by atoms with Crippen LogP contribution in [-0.4, -0.2) is 18.5 Å². The molecule has 2 rings (SSSR count). The van der Waals surface area contributed by atoms with Crippen LogP contribution in [0.5, 0.6) is 17.2 Å². The van der Waals surface area contributed by atoms with Crippen LogP contribution in [0.4, 0.5) is 8.78 Å². The fraction of sp³-hybridized carbons (Fsp3) is 0.333. The zero-order valence-electron chi connectivity index (χ0n) is 7.57. The molecule has 0 amide bonds. The number of benzene rings is 1. The van der Waals surface area contributed by atoms with Crippen LogP contribution >= 0.6 is 0 Å². The number of ether oxygens (including phenoxy) is 3. The number of aliphatic hydroxyl groups excluding tert-OH is 1. The number of halogens is 2. The number of alkyl halides is 2. The van der Waals surface area contributed by atoms with Crippen molar-refractivity contribution in [1.29, 1.82) is 0 Å². The summed E-state index contributed by atoms with van der Waals surface area (Å²) in [5.74, 6) is 0.653. The van der Waals surface area contributed by atoms with Crippen LogP contribution in [0.2, 0.25) is 0 Å². The Hall–Kier alpha value is -1.56. The van der Waals surface area contributed by atoms with Gasteiger partial charge in [0.15, 0.2) is 11.5 Å². The largest absolute Gasteiger partial charge is 0.454 e. The summed E-state index contributed by atoms with van der Waals surface area (Å²) in [7, 11) is 0. The summed E-state index contributed by atoms with van der Waals surface area (Å²) in [5.41, 5.74) is 0.236. The Balaban J connectivity index is 2.35. The number of rotatable bonds is 3. The maximum atomic E-state index is 12.0. The van der Waals surface area contributed by atoms with Crippen LogP contribution < -0.4 is 14.2 Å². The van der Waals surface area contributed by atoms with Crippen LogP contribution in [-0.2, 0) is 6.61 Å². The molecule has 0 aliphatic carbocycles. The number of hydrogen-bond donors (Lipinski definition) is 1. The quantitative estimate of drug-likeness (QED) is 0.835. The topological polar surface area (TPSA) is 47.9 Å². The van der Waals surface area contributed by atoms with Crippen molar-refractivity contribution in [3.63, 3.8) is 0 Å². The Labute approximate surface area is 84.0 Å². The lowest BCUT2D eigenvalue weighted by Gasteiger charge is -2.09. The van der Waals surface area contributed by atoms with Crippen molar-refractivity contribution in [1.82, 2.24) is 0 Å². The van der Waals surface area contributed by atoms with Gasteiger partial charge in [0.05, 0.1) is 6.61 Å². The summed E-state index contributed by atoms with van der Waals surface area (Å²) in [6, 6.07) is 2.69. The first-order chi connectivity index (χ1) is 7.20. The molecule has 1 aliphatic rings. The molecule has 0 saturated carbocycles. The zero-order chi connectivity index (χ0) is 10.8. The number of aliphatic hydroxyl groups is 1. The molecule has 1 aliphatic heterocycles. The molecular weight excluding hydrogens is 210 g/mol. The van der Waals surface area contributed by atoms with Crippen LogP contribution in [0, 0.1) is 0 Å². The van der Waals surface area contributed by atoms with Gasteiger partial charge in [-0.05, 0) is 6.07 Å². The van der Waals surface area contributed by atoms with E-state index in [1.54, 1.807) is 0 Å². The summed E-state index contributed by atoms with van der Waals surface area (Å²) in [6.45, 7) is -3.30. The van der Waals surface area contributed by atoms with Gasteiger partial charge in [-0.25, -0.2) is 0 Å². The molecular formula is C9H8F2O4. The summed E-state index contributed by atoms with van der Waals surface area (Å²) in [6.07, 6.45) is 0. The third-order valence-corrected chi connectivity index (χ3v) is 1.94. The Bertz CT molecular complexity index is 367. The van der Waals surface area contributed by atoms with E-state index in [-0.39, 0.29) is 18.1 Å². The Morgan fingerprint density at radius 2 is 2.00 bits per heavy atom. The van der Waals surface area contributed by atoms with Gasteiger partial charge in [0.25, 0.3) is 0 Å². The lowest BCUT2D eigenvalue weighted by atomic mass is 10.2. The predicted octanol–water partition coefficient (Wildman–Crippen LogP) is 1.51. The smallest absolute Gasteiger partial charge is 0.387 e. The standard InChI is InChI=1S/C9H8F2O4/c10-9(11)15-6-2-8-7(13-4-14-8)1-5(6)3-12/h1-2,9,12H,3-4H2. The molecule has 0 spiro atoms. The summed E-state index contributed by atoms with van der Waals surface area (Å²) < 4.78 is 38.3. The van der Waals surface area contributed by atoms with Gasteiger partial charge in [-0.2, -0.15) is 8.78 Å². The first kappa shape index (κ1) is 9.97. The average molecular weight is 218 g/mol. The normalized spacial score (nSPS) is 13.3. The van der Waals surface area contributed by atoms with E-state index in [2.05, 4.69) is 4.74 Å². The second-order valence-corrected chi connectivity index (χ2v) is 2.85. The van der Waals surface area contributed by atoms with Gasteiger partial charge in [0.1, 0.15) is 5.75 Å². The number of fused-ring (bicyclic) bond motifs is 1. The molecule has 0 atom stereocenters. The third kappa shape index (κ3) is 1.94. The van der Waals surface area contributed by atoms with E-state index in [9.17, 15) is 8.78 Å². The van der Waals surface area contributed by atoms with Crippen molar-refractivity contribution in [2.24, 2.45) is 0 Å². The molecule has 82 valence electrons. The highest BCUT2D eigenvalue weighted by Crippen LogP contribution is 2.38. The first-order valence-electron chi connectivity index (χ1n) is 4.19. The summed E-state index contributed by atoms with van der Waals surface area (Å²) in [5, 5.41) is 8.94. The fourth-order valence-electron chi connectivity index (χ4n) is 1.29. The molecule has 15 heavy (non-hydrogen) atoms. The van der Waals surface area contributed by atoms with Crippen molar-refractivity contribution in [3.8, 4) is 17.2 Å². The summed E-state index contributed by atoms with van der Waals surface area (Å²) >= 11 is 0. The van der Waals surface area contributed by atoms with Crippen LogP contribution in [0.3, 0.4) is 0 Å². The summed E-state index contributed by atoms with van der Waals surface area (Å²) in [4.78, 5) is 0. The Morgan fingerprint density at radius 1 is 1.33 bits per heavy atom. The van der Waals surface area contributed by atoms with E-state index in [1.165, 1.54) is 12.1 Å². The molecule has 4 nitrogen and oxygen atoms in total. The van der Waals surface area contributed by atoms with Crippen LogP contribution in [0.25, 0.3) is 0 Å². The highest BCUT2D eigenvalue weighted by Gasteiger charge is 2.19. The minimum absolute atomic E-state index is 0.0400. The Morgan fingerprint density at radius 3 is 2.60 bits per heavy atom. The molecule has 0 saturated heterocycles. The van der Waals surface area contributed by atoms with Gasteiger partial charge in [0, 0.05) is 11.6 Å². The highest BCUT2D eigenvalue weighted by atomic mass is 19.3. The van der Waals surface area contributed by atoms with E-state index < -0.39 is 13.2 Å². The van der Waals surface area contributed by atoms with Crippen molar-refractivity contribution >= 4 is 0 Å². The van der Waals surface area contributed by atoms with Gasteiger partial charge in [0.2, 0.25) is 6.79 Å². The SMILES string of the molecule is OCc1cc2c(cc1OC(F)F)OCO2. The lowest BCUT2D eigenvalue weighted by molar-refractivity contribution is -0.0510. The monoisotopic (exact) mass is 218 g/mol. The Kier molecular flexibility index (Phi) is 2.59. The van der Waals surface area contributed by atoms with Gasteiger partial charge < -0.3 is 19.3 Å².